The van der Waals surface area contributed by atoms with Gasteiger partial charge >= 0.3 is 12.1 Å². The molecule has 0 bridgehead atoms. The highest BCUT2D eigenvalue weighted by molar-refractivity contribution is 9.24. The van der Waals surface area contributed by atoms with E-state index in [0.29, 0.717) is 12.5 Å². The Morgan fingerprint density at radius 1 is 1.29 bits per heavy atom. The van der Waals surface area contributed by atoms with E-state index in [1.54, 1.807) is 0 Å². The fourth-order valence-electron chi connectivity index (χ4n) is 2.17. The van der Waals surface area contributed by atoms with E-state index in [2.05, 4.69) is 31.9 Å². The van der Waals surface area contributed by atoms with Crippen LogP contribution in [0.4, 0.5) is 4.79 Å². The van der Waals surface area contributed by atoms with Gasteiger partial charge in [-0.3, -0.25) is 0 Å². The van der Waals surface area contributed by atoms with Crippen LogP contribution in [-0.2, 0) is 14.3 Å². The number of ether oxygens (including phenoxy) is 2. The Morgan fingerprint density at radius 2 is 1.86 bits per heavy atom. The van der Waals surface area contributed by atoms with Gasteiger partial charge < -0.3 is 15.2 Å². The van der Waals surface area contributed by atoms with E-state index in [-0.39, 0.29) is 15.1 Å². The lowest BCUT2D eigenvalue weighted by molar-refractivity contribution is -0.158. The fourth-order valence-corrected chi connectivity index (χ4v) is 4.31. The molecule has 1 rings (SSSR count). The van der Waals surface area contributed by atoms with Crippen LogP contribution in [0.1, 0.15) is 40.0 Å². The summed E-state index contributed by atoms with van der Waals surface area (Å²) >= 11 is 6.83. The van der Waals surface area contributed by atoms with Gasteiger partial charge in [-0.1, -0.05) is 65.5 Å². The molecular formula is C14H23Br2NO4. The highest BCUT2D eigenvalue weighted by Crippen LogP contribution is 2.39. The van der Waals surface area contributed by atoms with E-state index in [4.69, 9.17) is 15.2 Å². The van der Waals surface area contributed by atoms with E-state index < -0.39 is 18.2 Å². The first-order chi connectivity index (χ1) is 9.62. The van der Waals surface area contributed by atoms with E-state index in [1.165, 1.54) is 12.8 Å². The fraction of sp³-hybridized carbons (Fsp3) is 0.857. The molecule has 0 aliphatic heterocycles. The van der Waals surface area contributed by atoms with Crippen LogP contribution in [0.25, 0.3) is 0 Å². The van der Waals surface area contributed by atoms with E-state index in [9.17, 15) is 9.59 Å². The molecule has 0 aromatic heterocycles. The second-order valence-corrected chi connectivity index (χ2v) is 9.69. The molecule has 5 nitrogen and oxygen atoms in total. The SMILES string of the molecule is CC(C)(C)C(C(Br)Br)[C@H](OC(N)=O)C(=O)OCCC1CC1. The van der Waals surface area contributed by atoms with Gasteiger partial charge in [0.05, 0.1) is 10.3 Å². The largest absolute Gasteiger partial charge is 0.463 e. The van der Waals surface area contributed by atoms with Gasteiger partial charge in [0.1, 0.15) is 0 Å². The molecular weight excluding hydrogens is 406 g/mol. The van der Waals surface area contributed by atoms with Gasteiger partial charge in [0.15, 0.2) is 0 Å². The summed E-state index contributed by atoms with van der Waals surface area (Å²) in [6, 6.07) is 0. The summed E-state index contributed by atoms with van der Waals surface area (Å²) in [4.78, 5) is 23.4. The molecule has 1 aliphatic carbocycles. The molecule has 1 aliphatic rings. The van der Waals surface area contributed by atoms with Crippen LogP contribution in [-0.4, -0.2) is 28.5 Å². The lowest BCUT2D eigenvalue weighted by Gasteiger charge is -2.36. The minimum absolute atomic E-state index is 0.217. The van der Waals surface area contributed by atoms with Gasteiger partial charge in [0.2, 0.25) is 6.10 Å². The number of halogens is 2. The zero-order chi connectivity index (χ0) is 16.2. The minimum atomic E-state index is -1.04. The maximum atomic E-state index is 12.3. The third-order valence-electron chi connectivity index (χ3n) is 3.54. The Bertz CT molecular complexity index is 378. The first-order valence-corrected chi connectivity index (χ1v) is 8.87. The van der Waals surface area contributed by atoms with Crippen molar-refractivity contribution in [3.8, 4) is 0 Å². The summed E-state index contributed by atoms with van der Waals surface area (Å²) in [5, 5.41) is 0. The number of hydrogen-bond acceptors (Lipinski definition) is 4. The highest BCUT2D eigenvalue weighted by atomic mass is 79.9. The predicted octanol–water partition coefficient (Wildman–Crippen LogP) is 3.57. The van der Waals surface area contributed by atoms with E-state index in [0.717, 1.165) is 6.42 Å². The van der Waals surface area contributed by atoms with Gasteiger partial charge in [-0.2, -0.15) is 0 Å². The topological polar surface area (TPSA) is 78.6 Å². The minimum Gasteiger partial charge on any atom is -0.463 e. The van der Waals surface area contributed by atoms with Crippen LogP contribution in [0.5, 0.6) is 0 Å². The molecule has 1 fully saturated rings. The van der Waals surface area contributed by atoms with Crippen LogP contribution >= 0.6 is 31.9 Å². The Labute approximate surface area is 142 Å². The summed E-state index contributed by atoms with van der Waals surface area (Å²) in [6.45, 7) is 6.24. The van der Waals surface area contributed by atoms with Gasteiger partial charge in [0.25, 0.3) is 0 Å². The molecule has 0 saturated heterocycles. The summed E-state index contributed by atoms with van der Waals surface area (Å²) in [6.07, 6.45) is 1.25. The number of rotatable bonds is 7. The van der Waals surface area contributed by atoms with Crippen molar-refractivity contribution in [2.75, 3.05) is 6.61 Å². The Kier molecular flexibility index (Phi) is 6.97. The van der Waals surface area contributed by atoms with Crippen LogP contribution in [0, 0.1) is 17.3 Å². The maximum Gasteiger partial charge on any atom is 0.405 e. The number of esters is 1. The molecule has 122 valence electrons. The average molecular weight is 429 g/mol. The summed E-state index contributed by atoms with van der Waals surface area (Å²) in [5.41, 5.74) is 4.80. The molecule has 0 radical (unpaired) electrons. The first-order valence-electron chi connectivity index (χ1n) is 7.03. The lowest BCUT2D eigenvalue weighted by Crippen LogP contribution is -2.45. The summed E-state index contributed by atoms with van der Waals surface area (Å²) < 4.78 is 10.1. The normalized spacial score (nSPS) is 18.2. The molecule has 0 aromatic carbocycles. The van der Waals surface area contributed by atoms with Crippen LogP contribution in [0.15, 0.2) is 0 Å². The van der Waals surface area contributed by atoms with Gasteiger partial charge in [0, 0.05) is 5.92 Å². The van der Waals surface area contributed by atoms with Crippen molar-refractivity contribution in [3.05, 3.63) is 0 Å². The molecule has 21 heavy (non-hydrogen) atoms. The number of alkyl halides is 2. The van der Waals surface area contributed by atoms with Gasteiger partial charge in [-0.05, 0) is 17.8 Å². The third-order valence-corrected chi connectivity index (χ3v) is 4.68. The molecule has 2 atom stereocenters. The van der Waals surface area contributed by atoms with Crippen molar-refractivity contribution in [1.82, 2.24) is 0 Å². The van der Waals surface area contributed by atoms with Crippen LogP contribution < -0.4 is 5.73 Å². The zero-order valence-corrected chi connectivity index (χ0v) is 15.8. The van der Waals surface area contributed by atoms with Crippen molar-refractivity contribution in [2.45, 2.75) is 49.9 Å². The molecule has 1 unspecified atom stereocenters. The molecule has 1 amide bonds. The van der Waals surface area contributed by atoms with Crippen molar-refractivity contribution in [2.24, 2.45) is 23.0 Å². The zero-order valence-electron chi connectivity index (χ0n) is 12.6. The van der Waals surface area contributed by atoms with Crippen molar-refractivity contribution in [1.29, 1.82) is 0 Å². The molecule has 7 heteroatoms. The Morgan fingerprint density at radius 3 is 2.24 bits per heavy atom. The Hall–Kier alpha value is -0.300. The van der Waals surface area contributed by atoms with Crippen molar-refractivity contribution >= 4 is 43.9 Å². The van der Waals surface area contributed by atoms with Crippen molar-refractivity contribution in [3.63, 3.8) is 0 Å². The van der Waals surface area contributed by atoms with Gasteiger partial charge in [-0.15, -0.1) is 0 Å². The molecule has 0 heterocycles. The number of nitrogens with two attached hydrogens (primary N) is 1. The first kappa shape index (κ1) is 18.7. The second kappa shape index (κ2) is 7.81. The van der Waals surface area contributed by atoms with Crippen molar-refractivity contribution < 1.29 is 19.1 Å². The predicted molar refractivity (Wildman–Crippen MR) is 87.3 cm³/mol. The van der Waals surface area contributed by atoms with E-state index >= 15 is 0 Å². The Balaban J connectivity index is 2.74. The third kappa shape index (κ3) is 6.55. The molecule has 0 aromatic rings. The monoisotopic (exact) mass is 427 g/mol. The number of carbonyl (C=O) groups is 2. The van der Waals surface area contributed by atoms with E-state index in [1.807, 2.05) is 20.8 Å². The number of amides is 1. The number of carbonyl (C=O) groups excluding carboxylic acids is 2. The van der Waals surface area contributed by atoms with Crippen LogP contribution in [0.2, 0.25) is 0 Å². The van der Waals surface area contributed by atoms with Gasteiger partial charge in [-0.25, -0.2) is 9.59 Å². The highest BCUT2D eigenvalue weighted by Gasteiger charge is 2.43. The standard InChI is InChI=1S/C14H23Br2NO4/c1-14(2,3)9(11(15)16)10(21-13(17)19)12(18)20-7-6-8-4-5-8/h8-11H,4-7H2,1-3H3,(H2,17,19)/t9?,10-/m0/s1. The molecule has 0 spiro atoms. The second-order valence-electron chi connectivity index (χ2n) is 6.48. The lowest BCUT2D eigenvalue weighted by atomic mass is 9.78. The summed E-state index contributed by atoms with van der Waals surface area (Å²) in [5.74, 6) is -0.191. The quantitative estimate of drug-likeness (QED) is 0.496. The molecule has 1 saturated carbocycles. The number of hydrogen-bond donors (Lipinski definition) is 1. The van der Waals surface area contributed by atoms with Crippen LogP contribution in [0.3, 0.4) is 0 Å². The smallest absolute Gasteiger partial charge is 0.405 e. The average Bonchev–Trinajstić information content (AvgIpc) is 3.08. The molecule has 2 N–H and O–H groups in total. The maximum absolute atomic E-state index is 12.3. The summed E-state index contributed by atoms with van der Waals surface area (Å²) in [7, 11) is 0. The number of primary amides is 1.